The maximum absolute atomic E-state index is 13.1. The Morgan fingerprint density at radius 3 is 2.39 bits per heavy atom. The van der Waals surface area contributed by atoms with Crippen LogP contribution in [0.2, 0.25) is 0 Å². The second-order valence-corrected chi connectivity index (χ2v) is 6.84. The van der Waals surface area contributed by atoms with Gasteiger partial charge in [0, 0.05) is 24.3 Å². The van der Waals surface area contributed by atoms with Crippen LogP contribution in [0.4, 0.5) is 15.8 Å². The van der Waals surface area contributed by atoms with Crippen LogP contribution >= 0.6 is 0 Å². The summed E-state index contributed by atoms with van der Waals surface area (Å²) in [5.41, 5.74) is 1.27. The van der Waals surface area contributed by atoms with Gasteiger partial charge in [-0.05, 0) is 55.5 Å². The molecule has 1 aliphatic heterocycles. The number of nitrogens with one attached hydrogen (secondary N) is 1. The van der Waals surface area contributed by atoms with Gasteiger partial charge in [0.2, 0.25) is 5.91 Å². The van der Waals surface area contributed by atoms with Crippen molar-refractivity contribution in [2.45, 2.75) is 13.3 Å². The zero-order valence-corrected chi connectivity index (χ0v) is 16.8. The molecule has 0 aromatic heterocycles. The summed E-state index contributed by atoms with van der Waals surface area (Å²) in [6, 6.07) is 11.5. The summed E-state index contributed by atoms with van der Waals surface area (Å²) in [7, 11) is 0. The van der Waals surface area contributed by atoms with Crippen LogP contribution in [0.3, 0.4) is 0 Å². The zero-order chi connectivity index (χ0) is 22.4. The number of nitrogens with zero attached hydrogens (tertiary/aromatic N) is 1. The number of anilines is 2. The zero-order valence-electron chi connectivity index (χ0n) is 16.8. The van der Waals surface area contributed by atoms with Gasteiger partial charge in [-0.2, -0.15) is 0 Å². The average molecular weight is 428 g/mol. The maximum Gasteiger partial charge on any atom is 0.338 e. The van der Waals surface area contributed by atoms with Crippen molar-refractivity contribution in [3.63, 3.8) is 0 Å². The highest BCUT2D eigenvalue weighted by Gasteiger charge is 2.36. The molecule has 0 saturated carbocycles. The Morgan fingerprint density at radius 2 is 1.74 bits per heavy atom. The van der Waals surface area contributed by atoms with Gasteiger partial charge < -0.3 is 19.7 Å². The molecule has 0 unspecified atom stereocenters. The smallest absolute Gasteiger partial charge is 0.338 e. The van der Waals surface area contributed by atoms with Gasteiger partial charge in [0.15, 0.2) is 6.61 Å². The van der Waals surface area contributed by atoms with Crippen molar-refractivity contribution in [2.24, 2.45) is 5.92 Å². The van der Waals surface area contributed by atoms with E-state index in [9.17, 15) is 23.6 Å². The molecule has 0 spiro atoms. The minimum absolute atomic E-state index is 0.0485. The molecule has 1 saturated heterocycles. The van der Waals surface area contributed by atoms with Crippen molar-refractivity contribution >= 4 is 35.1 Å². The fourth-order valence-corrected chi connectivity index (χ4v) is 3.09. The molecular formula is C22H21FN2O6. The van der Waals surface area contributed by atoms with Crippen molar-refractivity contribution in [1.82, 2.24) is 0 Å². The number of benzene rings is 2. The van der Waals surface area contributed by atoms with Gasteiger partial charge in [-0.15, -0.1) is 0 Å². The van der Waals surface area contributed by atoms with E-state index in [1.54, 1.807) is 6.92 Å². The van der Waals surface area contributed by atoms with Crippen LogP contribution in [0.25, 0.3) is 0 Å². The number of esters is 2. The third kappa shape index (κ3) is 5.65. The van der Waals surface area contributed by atoms with Crippen LogP contribution in [0, 0.1) is 11.7 Å². The molecule has 1 aliphatic rings. The molecule has 2 aromatic rings. The average Bonchev–Trinajstić information content (AvgIpc) is 3.15. The molecule has 3 rings (SSSR count). The van der Waals surface area contributed by atoms with Crippen molar-refractivity contribution in [1.29, 1.82) is 0 Å². The lowest BCUT2D eigenvalue weighted by Crippen LogP contribution is -2.28. The first-order valence-electron chi connectivity index (χ1n) is 9.67. The van der Waals surface area contributed by atoms with Crippen LogP contribution in [-0.2, 0) is 23.9 Å². The van der Waals surface area contributed by atoms with E-state index in [1.165, 1.54) is 53.4 Å². The van der Waals surface area contributed by atoms with Crippen molar-refractivity contribution in [3.8, 4) is 0 Å². The molecule has 1 heterocycles. The Balaban J connectivity index is 1.48. The summed E-state index contributed by atoms with van der Waals surface area (Å²) in [5, 5.41) is 2.55. The van der Waals surface area contributed by atoms with Crippen molar-refractivity contribution < 1.29 is 33.0 Å². The lowest BCUT2D eigenvalue weighted by atomic mass is 10.1. The Bertz CT molecular complexity index is 975. The molecule has 1 atom stereocenters. The van der Waals surface area contributed by atoms with Crippen LogP contribution in [0.5, 0.6) is 0 Å². The van der Waals surface area contributed by atoms with Gasteiger partial charge >= 0.3 is 11.9 Å². The summed E-state index contributed by atoms with van der Waals surface area (Å²) < 4.78 is 23.0. The molecule has 9 heteroatoms. The molecule has 162 valence electrons. The molecule has 1 fully saturated rings. The van der Waals surface area contributed by atoms with E-state index in [2.05, 4.69) is 5.32 Å². The number of hydrogen-bond donors (Lipinski definition) is 1. The highest BCUT2D eigenvalue weighted by atomic mass is 19.1. The Morgan fingerprint density at radius 1 is 1.06 bits per heavy atom. The normalized spacial score (nSPS) is 15.5. The molecule has 0 aliphatic carbocycles. The van der Waals surface area contributed by atoms with E-state index < -0.39 is 36.2 Å². The van der Waals surface area contributed by atoms with Crippen molar-refractivity contribution in [3.05, 3.63) is 59.9 Å². The largest absolute Gasteiger partial charge is 0.462 e. The van der Waals surface area contributed by atoms with Crippen LogP contribution in [0.1, 0.15) is 23.7 Å². The summed E-state index contributed by atoms with van der Waals surface area (Å²) in [4.78, 5) is 49.5. The molecule has 0 radical (unpaired) electrons. The number of hydrogen-bond acceptors (Lipinski definition) is 6. The van der Waals surface area contributed by atoms with E-state index in [4.69, 9.17) is 9.47 Å². The number of halogens is 1. The summed E-state index contributed by atoms with van der Waals surface area (Å²) >= 11 is 0. The SMILES string of the molecule is CCOC(=O)c1ccc(NC(=O)COC(=O)[C@@H]2CC(=O)N(c3ccc(F)cc3)C2)cc1. The fourth-order valence-electron chi connectivity index (χ4n) is 3.09. The van der Waals surface area contributed by atoms with Gasteiger partial charge in [-0.25, -0.2) is 9.18 Å². The highest BCUT2D eigenvalue weighted by Crippen LogP contribution is 2.26. The molecule has 31 heavy (non-hydrogen) atoms. The molecule has 2 aromatic carbocycles. The first-order valence-corrected chi connectivity index (χ1v) is 9.67. The number of ether oxygens (including phenoxy) is 2. The van der Waals surface area contributed by atoms with E-state index in [0.717, 1.165) is 0 Å². The quantitative estimate of drug-likeness (QED) is 0.680. The topological polar surface area (TPSA) is 102 Å². The van der Waals surface area contributed by atoms with Crippen LogP contribution in [0.15, 0.2) is 48.5 Å². The number of rotatable bonds is 7. The minimum atomic E-state index is -0.714. The Kier molecular flexibility index (Phi) is 6.96. The first-order chi connectivity index (χ1) is 14.9. The van der Waals surface area contributed by atoms with Crippen LogP contribution in [-0.4, -0.2) is 43.5 Å². The molecule has 8 nitrogen and oxygen atoms in total. The number of amides is 2. The predicted molar refractivity (Wildman–Crippen MR) is 109 cm³/mol. The first kappa shape index (κ1) is 21.9. The summed E-state index contributed by atoms with van der Waals surface area (Å²) in [6.45, 7) is 1.55. The van der Waals surface area contributed by atoms with Gasteiger partial charge in [-0.1, -0.05) is 0 Å². The maximum atomic E-state index is 13.1. The standard InChI is InChI=1S/C22H21FN2O6/c1-2-30-21(28)14-3-7-17(8-4-14)24-19(26)13-31-22(29)15-11-20(27)25(12-15)18-9-5-16(23)6-10-18/h3-10,15H,2,11-13H2,1H3,(H,24,26)/t15-/m1/s1. The molecule has 0 bridgehead atoms. The third-order valence-corrected chi connectivity index (χ3v) is 4.62. The lowest BCUT2D eigenvalue weighted by Gasteiger charge is -2.16. The minimum Gasteiger partial charge on any atom is -0.462 e. The second-order valence-electron chi connectivity index (χ2n) is 6.84. The number of carbonyl (C=O) groups is 4. The van der Waals surface area contributed by atoms with E-state index >= 15 is 0 Å². The van der Waals surface area contributed by atoms with Gasteiger partial charge in [0.1, 0.15) is 5.82 Å². The third-order valence-electron chi connectivity index (χ3n) is 4.62. The van der Waals surface area contributed by atoms with Gasteiger partial charge in [0.05, 0.1) is 18.1 Å². The van der Waals surface area contributed by atoms with E-state index in [0.29, 0.717) is 16.9 Å². The van der Waals surface area contributed by atoms with Crippen molar-refractivity contribution in [2.75, 3.05) is 30.0 Å². The monoisotopic (exact) mass is 428 g/mol. The molecule has 2 amide bonds. The van der Waals surface area contributed by atoms with E-state index in [-0.39, 0.29) is 25.5 Å². The van der Waals surface area contributed by atoms with Crippen LogP contribution < -0.4 is 10.2 Å². The van der Waals surface area contributed by atoms with Gasteiger partial charge in [0.25, 0.3) is 5.91 Å². The summed E-state index contributed by atoms with van der Waals surface area (Å²) in [5.74, 6) is -3.10. The Labute approximate surface area is 177 Å². The molecule has 1 N–H and O–H groups in total. The number of carbonyl (C=O) groups excluding carboxylic acids is 4. The second kappa shape index (κ2) is 9.84. The van der Waals surface area contributed by atoms with Gasteiger partial charge in [-0.3, -0.25) is 14.4 Å². The fraction of sp³-hybridized carbons (Fsp3) is 0.273. The highest BCUT2D eigenvalue weighted by molar-refractivity contribution is 6.00. The molecular weight excluding hydrogens is 407 g/mol. The Hall–Kier alpha value is -3.75. The van der Waals surface area contributed by atoms with E-state index in [1.807, 2.05) is 0 Å². The summed E-state index contributed by atoms with van der Waals surface area (Å²) in [6.07, 6.45) is -0.0485. The predicted octanol–water partition coefficient (Wildman–Crippen LogP) is 2.54. The lowest BCUT2D eigenvalue weighted by molar-refractivity contribution is -0.151.